The standard InChI is InChI=1S/C14H14N4OS2/c1-2-5-10-11(12(19)17-13-15-6-9-20-13)21-14(16-10)18-7-3-4-8-18/h3-4,6-9H,2,5H2,1H3,(H,15,17,19). The number of aromatic nitrogens is 3. The topological polar surface area (TPSA) is 59.8 Å². The van der Waals surface area contributed by atoms with Crippen LogP contribution in [0.1, 0.15) is 28.7 Å². The maximum absolute atomic E-state index is 12.4. The van der Waals surface area contributed by atoms with Crippen LogP contribution in [-0.4, -0.2) is 20.4 Å². The van der Waals surface area contributed by atoms with Gasteiger partial charge in [-0.05, 0) is 18.6 Å². The van der Waals surface area contributed by atoms with Crippen LogP contribution in [0.5, 0.6) is 0 Å². The van der Waals surface area contributed by atoms with E-state index in [1.54, 1.807) is 6.20 Å². The number of rotatable bonds is 5. The smallest absolute Gasteiger partial charge is 0.269 e. The lowest BCUT2D eigenvalue weighted by Crippen LogP contribution is -2.12. The van der Waals surface area contributed by atoms with Crippen LogP contribution < -0.4 is 5.32 Å². The summed E-state index contributed by atoms with van der Waals surface area (Å²) in [4.78, 5) is 21.7. The predicted molar refractivity (Wildman–Crippen MR) is 85.5 cm³/mol. The summed E-state index contributed by atoms with van der Waals surface area (Å²) < 4.78 is 1.92. The molecule has 0 spiro atoms. The van der Waals surface area contributed by atoms with Crippen LogP contribution in [0.15, 0.2) is 36.1 Å². The highest BCUT2D eigenvalue weighted by Gasteiger charge is 2.19. The highest BCUT2D eigenvalue weighted by molar-refractivity contribution is 7.16. The molecule has 0 atom stereocenters. The van der Waals surface area contributed by atoms with Crippen LogP contribution in [0.25, 0.3) is 5.13 Å². The van der Waals surface area contributed by atoms with Gasteiger partial charge in [0.1, 0.15) is 4.88 Å². The highest BCUT2D eigenvalue weighted by Crippen LogP contribution is 2.25. The van der Waals surface area contributed by atoms with Crippen molar-refractivity contribution in [2.24, 2.45) is 0 Å². The van der Waals surface area contributed by atoms with Gasteiger partial charge < -0.3 is 4.57 Å². The molecule has 0 bridgehead atoms. The van der Waals surface area contributed by atoms with Gasteiger partial charge >= 0.3 is 0 Å². The predicted octanol–water partition coefficient (Wildman–Crippen LogP) is 3.60. The van der Waals surface area contributed by atoms with Crippen molar-refractivity contribution in [2.45, 2.75) is 19.8 Å². The van der Waals surface area contributed by atoms with Crippen LogP contribution in [0, 0.1) is 0 Å². The normalized spacial score (nSPS) is 10.7. The Morgan fingerprint density at radius 3 is 2.86 bits per heavy atom. The molecule has 3 aromatic heterocycles. The number of amides is 1. The van der Waals surface area contributed by atoms with Crippen molar-refractivity contribution < 1.29 is 4.79 Å². The zero-order valence-corrected chi connectivity index (χ0v) is 13.1. The van der Waals surface area contributed by atoms with E-state index in [2.05, 4.69) is 22.2 Å². The number of nitrogens with one attached hydrogen (secondary N) is 1. The first-order valence-electron chi connectivity index (χ1n) is 6.62. The molecular weight excluding hydrogens is 304 g/mol. The number of carbonyl (C=O) groups is 1. The van der Waals surface area contributed by atoms with Gasteiger partial charge in [0, 0.05) is 24.0 Å². The summed E-state index contributed by atoms with van der Waals surface area (Å²) >= 11 is 2.81. The van der Waals surface area contributed by atoms with E-state index in [-0.39, 0.29) is 5.91 Å². The zero-order chi connectivity index (χ0) is 14.7. The van der Waals surface area contributed by atoms with Gasteiger partial charge in [0.05, 0.1) is 5.69 Å². The Kier molecular flexibility index (Phi) is 4.12. The maximum Gasteiger partial charge on any atom is 0.269 e. The molecule has 0 aliphatic carbocycles. The molecule has 3 aromatic rings. The largest absolute Gasteiger partial charge is 0.300 e. The molecular formula is C14H14N4OS2. The van der Waals surface area contributed by atoms with Crippen LogP contribution in [-0.2, 0) is 6.42 Å². The van der Waals surface area contributed by atoms with Gasteiger partial charge in [0.15, 0.2) is 10.3 Å². The van der Waals surface area contributed by atoms with Gasteiger partial charge in [-0.1, -0.05) is 24.7 Å². The molecule has 1 amide bonds. The summed E-state index contributed by atoms with van der Waals surface area (Å²) in [7, 11) is 0. The summed E-state index contributed by atoms with van der Waals surface area (Å²) in [6.45, 7) is 2.08. The fraction of sp³-hybridized carbons (Fsp3) is 0.214. The lowest BCUT2D eigenvalue weighted by atomic mass is 10.2. The Hall–Kier alpha value is -1.99. The molecule has 0 aliphatic heterocycles. The number of thiazole rings is 2. The first-order chi connectivity index (χ1) is 10.3. The number of carbonyl (C=O) groups excluding carboxylic acids is 1. The Balaban J connectivity index is 1.90. The summed E-state index contributed by atoms with van der Waals surface area (Å²) in [6, 6.07) is 3.88. The van der Waals surface area contributed by atoms with Crippen molar-refractivity contribution >= 4 is 33.7 Å². The van der Waals surface area contributed by atoms with Crippen LogP contribution in [0.4, 0.5) is 5.13 Å². The van der Waals surface area contributed by atoms with Gasteiger partial charge in [-0.3, -0.25) is 10.1 Å². The van der Waals surface area contributed by atoms with Gasteiger partial charge in [-0.25, -0.2) is 9.97 Å². The van der Waals surface area contributed by atoms with E-state index in [0.29, 0.717) is 10.0 Å². The van der Waals surface area contributed by atoms with Gasteiger partial charge in [-0.15, -0.1) is 11.3 Å². The Morgan fingerprint density at radius 2 is 2.19 bits per heavy atom. The molecule has 3 heterocycles. The van der Waals surface area contributed by atoms with Crippen molar-refractivity contribution in [1.29, 1.82) is 0 Å². The molecule has 0 saturated heterocycles. The fourth-order valence-corrected chi connectivity index (χ4v) is 3.43. The molecule has 1 N–H and O–H groups in total. The van der Waals surface area contributed by atoms with E-state index in [1.165, 1.54) is 22.7 Å². The number of hydrogen-bond donors (Lipinski definition) is 1. The first-order valence-corrected chi connectivity index (χ1v) is 8.31. The molecule has 5 nitrogen and oxygen atoms in total. The molecule has 0 radical (unpaired) electrons. The molecule has 7 heteroatoms. The minimum absolute atomic E-state index is 0.135. The average Bonchev–Trinajstić information content (AvgIpc) is 3.20. The van der Waals surface area contributed by atoms with E-state index in [4.69, 9.17) is 0 Å². The van der Waals surface area contributed by atoms with E-state index < -0.39 is 0 Å². The van der Waals surface area contributed by atoms with Gasteiger partial charge in [-0.2, -0.15) is 0 Å². The van der Waals surface area contributed by atoms with E-state index in [1.807, 2.05) is 34.5 Å². The second kappa shape index (κ2) is 6.19. The Morgan fingerprint density at radius 1 is 1.38 bits per heavy atom. The van der Waals surface area contributed by atoms with E-state index in [9.17, 15) is 4.79 Å². The molecule has 0 fully saturated rings. The number of hydrogen-bond acceptors (Lipinski definition) is 5. The minimum Gasteiger partial charge on any atom is -0.300 e. The maximum atomic E-state index is 12.4. The number of aryl methyl sites for hydroxylation is 1. The summed E-state index contributed by atoms with van der Waals surface area (Å²) in [5.74, 6) is -0.135. The molecule has 0 aromatic carbocycles. The van der Waals surface area contributed by atoms with E-state index >= 15 is 0 Å². The lowest BCUT2D eigenvalue weighted by molar-refractivity contribution is 0.102. The highest BCUT2D eigenvalue weighted by atomic mass is 32.1. The summed E-state index contributed by atoms with van der Waals surface area (Å²) in [5, 5.41) is 6.08. The summed E-state index contributed by atoms with van der Waals surface area (Å²) in [6.07, 6.45) is 7.27. The molecule has 0 saturated carbocycles. The van der Waals surface area contributed by atoms with Crippen molar-refractivity contribution in [2.75, 3.05) is 5.32 Å². The third-order valence-electron chi connectivity index (χ3n) is 2.86. The average molecular weight is 318 g/mol. The molecule has 3 rings (SSSR count). The SMILES string of the molecule is CCCc1nc(-n2cccc2)sc1C(=O)Nc1nccs1. The third-order valence-corrected chi connectivity index (χ3v) is 4.66. The Labute approximate surface area is 130 Å². The summed E-state index contributed by atoms with van der Waals surface area (Å²) in [5.41, 5.74) is 0.847. The van der Waals surface area contributed by atoms with Crippen molar-refractivity contribution in [3.05, 3.63) is 46.7 Å². The van der Waals surface area contributed by atoms with Crippen molar-refractivity contribution in [1.82, 2.24) is 14.5 Å². The fourth-order valence-electron chi connectivity index (χ4n) is 1.93. The van der Waals surface area contributed by atoms with Crippen LogP contribution >= 0.6 is 22.7 Å². The lowest BCUT2D eigenvalue weighted by Gasteiger charge is -2.00. The quantitative estimate of drug-likeness (QED) is 0.782. The van der Waals surface area contributed by atoms with Crippen molar-refractivity contribution in [3.8, 4) is 5.13 Å². The minimum atomic E-state index is -0.135. The molecule has 108 valence electrons. The molecule has 21 heavy (non-hydrogen) atoms. The third kappa shape index (κ3) is 3.03. The van der Waals surface area contributed by atoms with Gasteiger partial charge in [0.25, 0.3) is 5.91 Å². The van der Waals surface area contributed by atoms with Crippen LogP contribution in [0.2, 0.25) is 0 Å². The monoisotopic (exact) mass is 318 g/mol. The Bertz CT molecular complexity index is 716. The second-order valence-corrected chi connectivity index (χ2v) is 6.28. The van der Waals surface area contributed by atoms with E-state index in [0.717, 1.165) is 23.7 Å². The first kappa shape index (κ1) is 14.0. The second-order valence-electron chi connectivity index (χ2n) is 4.40. The zero-order valence-electron chi connectivity index (χ0n) is 11.4. The molecule has 0 aliphatic rings. The van der Waals surface area contributed by atoms with Gasteiger partial charge in [0.2, 0.25) is 0 Å². The number of nitrogens with zero attached hydrogens (tertiary/aromatic N) is 3. The van der Waals surface area contributed by atoms with Crippen LogP contribution in [0.3, 0.4) is 0 Å². The number of anilines is 1. The van der Waals surface area contributed by atoms with Crippen molar-refractivity contribution in [3.63, 3.8) is 0 Å². The molecule has 0 unspecified atom stereocenters.